The van der Waals surface area contributed by atoms with Crippen molar-refractivity contribution in [2.45, 2.75) is 18.9 Å². The Bertz CT molecular complexity index is 681. The Labute approximate surface area is 140 Å². The van der Waals surface area contributed by atoms with E-state index >= 15 is 0 Å². The predicted octanol–water partition coefficient (Wildman–Crippen LogP) is 2.56. The number of urea groups is 1. The van der Waals surface area contributed by atoms with Crippen molar-refractivity contribution in [1.29, 1.82) is 0 Å². The highest BCUT2D eigenvalue weighted by atomic mass is 16.5. The van der Waals surface area contributed by atoms with E-state index in [1.807, 2.05) is 24.3 Å². The van der Waals surface area contributed by atoms with Gasteiger partial charge in [0.25, 0.3) is 0 Å². The molecule has 7 nitrogen and oxygen atoms in total. The SMILES string of the molecule is COc1ccccc1NC(=O)N1CCCC(Oc2cccnn2)C1. The van der Waals surface area contributed by atoms with Gasteiger partial charge >= 0.3 is 6.03 Å². The summed E-state index contributed by atoms with van der Waals surface area (Å²) in [5, 5.41) is 10.6. The number of carbonyl (C=O) groups excluding carboxylic acids is 1. The van der Waals surface area contributed by atoms with Crippen molar-refractivity contribution in [1.82, 2.24) is 15.1 Å². The zero-order valence-electron chi connectivity index (χ0n) is 13.5. The Kier molecular flexibility index (Phi) is 5.10. The lowest BCUT2D eigenvalue weighted by Crippen LogP contribution is -2.46. The lowest BCUT2D eigenvalue weighted by atomic mass is 10.1. The zero-order valence-corrected chi connectivity index (χ0v) is 13.5. The maximum atomic E-state index is 12.5. The smallest absolute Gasteiger partial charge is 0.322 e. The molecule has 7 heteroatoms. The van der Waals surface area contributed by atoms with Crippen LogP contribution in [0.4, 0.5) is 10.5 Å². The van der Waals surface area contributed by atoms with Gasteiger partial charge in [-0.25, -0.2) is 4.79 Å². The summed E-state index contributed by atoms with van der Waals surface area (Å²) in [4.78, 5) is 14.3. The van der Waals surface area contributed by atoms with Gasteiger partial charge in [-0.2, -0.15) is 5.10 Å². The van der Waals surface area contributed by atoms with Gasteiger partial charge in [-0.3, -0.25) is 0 Å². The van der Waals surface area contributed by atoms with Crippen molar-refractivity contribution >= 4 is 11.7 Å². The number of piperidine rings is 1. The third-order valence-corrected chi connectivity index (χ3v) is 3.85. The third-order valence-electron chi connectivity index (χ3n) is 3.85. The van der Waals surface area contributed by atoms with E-state index in [2.05, 4.69) is 15.5 Å². The van der Waals surface area contributed by atoms with Gasteiger partial charge in [0.05, 0.1) is 19.3 Å². The molecule has 1 fully saturated rings. The van der Waals surface area contributed by atoms with E-state index in [4.69, 9.17) is 9.47 Å². The standard InChI is InChI=1S/C17H20N4O3/c1-23-15-8-3-2-7-14(15)19-17(22)21-11-5-6-13(12-21)24-16-9-4-10-18-20-16/h2-4,7-10,13H,5-6,11-12H2,1H3,(H,19,22). The maximum Gasteiger partial charge on any atom is 0.322 e. The lowest BCUT2D eigenvalue weighted by Gasteiger charge is -2.32. The number of methoxy groups -OCH3 is 1. The normalized spacial score (nSPS) is 17.2. The Hall–Kier alpha value is -2.83. The van der Waals surface area contributed by atoms with E-state index in [9.17, 15) is 4.79 Å². The summed E-state index contributed by atoms with van der Waals surface area (Å²) < 4.78 is 11.1. The molecule has 126 valence electrons. The second kappa shape index (κ2) is 7.63. The van der Waals surface area contributed by atoms with Crippen LogP contribution in [0.25, 0.3) is 0 Å². The average Bonchev–Trinajstić information content (AvgIpc) is 2.63. The summed E-state index contributed by atoms with van der Waals surface area (Å²) in [5.74, 6) is 1.12. The number of hydrogen-bond acceptors (Lipinski definition) is 5. The third kappa shape index (κ3) is 3.92. The summed E-state index contributed by atoms with van der Waals surface area (Å²) in [5.41, 5.74) is 0.655. The van der Waals surface area contributed by atoms with E-state index in [1.54, 1.807) is 30.3 Å². The van der Waals surface area contributed by atoms with Crippen LogP contribution in [0.3, 0.4) is 0 Å². The number of aromatic nitrogens is 2. The van der Waals surface area contributed by atoms with Crippen LogP contribution in [0.1, 0.15) is 12.8 Å². The van der Waals surface area contributed by atoms with Gasteiger partial charge in [-0.15, -0.1) is 5.10 Å². The molecule has 0 aliphatic carbocycles. The molecular formula is C17H20N4O3. The van der Waals surface area contributed by atoms with Crippen LogP contribution in [0.15, 0.2) is 42.6 Å². The zero-order chi connectivity index (χ0) is 16.8. The molecule has 1 unspecified atom stereocenters. The van der Waals surface area contributed by atoms with Crippen LogP contribution in [-0.4, -0.2) is 47.4 Å². The van der Waals surface area contributed by atoms with Crippen LogP contribution >= 0.6 is 0 Å². The molecule has 2 amide bonds. The second-order valence-corrected chi connectivity index (χ2v) is 5.52. The first-order chi connectivity index (χ1) is 11.8. The largest absolute Gasteiger partial charge is 0.495 e. The highest BCUT2D eigenvalue weighted by molar-refractivity contribution is 5.91. The van der Waals surface area contributed by atoms with Crippen molar-refractivity contribution < 1.29 is 14.3 Å². The Morgan fingerprint density at radius 2 is 2.17 bits per heavy atom. The molecule has 0 spiro atoms. The number of hydrogen-bond donors (Lipinski definition) is 1. The molecule has 0 radical (unpaired) electrons. The Balaban J connectivity index is 1.60. The minimum Gasteiger partial charge on any atom is -0.495 e. The molecule has 24 heavy (non-hydrogen) atoms. The number of benzene rings is 1. The highest BCUT2D eigenvalue weighted by Crippen LogP contribution is 2.24. The number of carbonyl (C=O) groups is 1. The molecule has 1 aromatic carbocycles. The topological polar surface area (TPSA) is 76.6 Å². The molecule has 0 saturated carbocycles. The molecule has 0 bridgehead atoms. The number of anilines is 1. The molecule has 1 aliphatic rings. The number of rotatable bonds is 4. The minimum absolute atomic E-state index is 0.0844. The quantitative estimate of drug-likeness (QED) is 0.933. The van der Waals surface area contributed by atoms with Crippen LogP contribution < -0.4 is 14.8 Å². The molecule has 1 atom stereocenters. The predicted molar refractivity (Wildman–Crippen MR) is 89.3 cm³/mol. The van der Waals surface area contributed by atoms with Crippen LogP contribution in [-0.2, 0) is 0 Å². The molecule has 3 rings (SSSR count). The number of likely N-dealkylation sites (tertiary alicyclic amines) is 1. The van der Waals surface area contributed by atoms with E-state index in [1.165, 1.54) is 0 Å². The van der Waals surface area contributed by atoms with E-state index in [-0.39, 0.29) is 12.1 Å². The summed E-state index contributed by atoms with van der Waals surface area (Å²) in [7, 11) is 1.58. The minimum atomic E-state index is -0.160. The molecule has 2 aromatic rings. The first-order valence-electron chi connectivity index (χ1n) is 7.89. The first kappa shape index (κ1) is 16.0. The van der Waals surface area contributed by atoms with Gasteiger partial charge in [-0.1, -0.05) is 12.1 Å². The fourth-order valence-corrected chi connectivity index (χ4v) is 2.68. The van der Waals surface area contributed by atoms with Crippen molar-refractivity contribution in [3.63, 3.8) is 0 Å². The number of nitrogens with one attached hydrogen (secondary N) is 1. The summed E-state index contributed by atoms with van der Waals surface area (Å²) in [6.45, 7) is 1.21. The molecule has 1 saturated heterocycles. The Morgan fingerprint density at radius 1 is 1.29 bits per heavy atom. The van der Waals surface area contributed by atoms with Gasteiger partial charge in [0.2, 0.25) is 5.88 Å². The fourth-order valence-electron chi connectivity index (χ4n) is 2.68. The van der Waals surface area contributed by atoms with E-state index in [0.29, 0.717) is 30.4 Å². The molecule has 2 heterocycles. The van der Waals surface area contributed by atoms with Crippen molar-refractivity contribution in [3.8, 4) is 11.6 Å². The molecule has 1 aromatic heterocycles. The van der Waals surface area contributed by atoms with Crippen LogP contribution in [0.2, 0.25) is 0 Å². The van der Waals surface area contributed by atoms with E-state index in [0.717, 1.165) is 12.8 Å². The summed E-state index contributed by atoms with van der Waals surface area (Å²) >= 11 is 0. The monoisotopic (exact) mass is 328 g/mol. The number of amides is 2. The van der Waals surface area contributed by atoms with Gasteiger partial charge in [0, 0.05) is 18.8 Å². The van der Waals surface area contributed by atoms with Gasteiger partial charge in [-0.05, 0) is 31.0 Å². The molecule has 1 N–H and O–H groups in total. The Morgan fingerprint density at radius 3 is 2.96 bits per heavy atom. The van der Waals surface area contributed by atoms with Crippen molar-refractivity contribution in [3.05, 3.63) is 42.6 Å². The van der Waals surface area contributed by atoms with Crippen molar-refractivity contribution in [2.75, 3.05) is 25.5 Å². The molecular weight excluding hydrogens is 308 g/mol. The van der Waals surface area contributed by atoms with Gasteiger partial charge in [0.1, 0.15) is 11.9 Å². The average molecular weight is 328 g/mol. The van der Waals surface area contributed by atoms with Gasteiger partial charge < -0.3 is 19.7 Å². The van der Waals surface area contributed by atoms with Crippen molar-refractivity contribution in [2.24, 2.45) is 0 Å². The lowest BCUT2D eigenvalue weighted by molar-refractivity contribution is 0.102. The summed E-state index contributed by atoms with van der Waals surface area (Å²) in [6, 6.07) is 10.7. The number of ether oxygens (including phenoxy) is 2. The number of nitrogens with zero attached hydrogens (tertiary/aromatic N) is 3. The van der Waals surface area contributed by atoms with Crippen LogP contribution in [0, 0.1) is 0 Å². The van der Waals surface area contributed by atoms with E-state index < -0.39 is 0 Å². The second-order valence-electron chi connectivity index (χ2n) is 5.52. The molecule has 1 aliphatic heterocycles. The first-order valence-corrected chi connectivity index (χ1v) is 7.89. The summed E-state index contributed by atoms with van der Waals surface area (Å²) in [6.07, 6.45) is 3.28. The fraction of sp³-hybridized carbons (Fsp3) is 0.353. The number of para-hydroxylation sites is 2. The highest BCUT2D eigenvalue weighted by Gasteiger charge is 2.25. The van der Waals surface area contributed by atoms with Crippen LogP contribution in [0.5, 0.6) is 11.6 Å². The van der Waals surface area contributed by atoms with Gasteiger partial charge in [0.15, 0.2) is 0 Å². The maximum absolute atomic E-state index is 12.5.